The molecule has 1 aromatic carbocycles. The Hall–Kier alpha value is -2.45. The predicted molar refractivity (Wildman–Crippen MR) is 124 cm³/mol. The first kappa shape index (κ1) is 25.2. The number of benzene rings is 1. The molecule has 1 N–H and O–H groups in total. The number of carbonyl (C=O) groups excluding carboxylic acids is 1. The lowest BCUT2D eigenvalue weighted by Crippen LogP contribution is -2.49. The highest BCUT2D eigenvalue weighted by Gasteiger charge is 2.53. The van der Waals surface area contributed by atoms with Gasteiger partial charge in [0.15, 0.2) is 0 Å². The zero-order valence-electron chi connectivity index (χ0n) is 21.0. The number of nitrogens with zero attached hydrogens (tertiary/aromatic N) is 3. The van der Waals surface area contributed by atoms with Crippen LogP contribution in [-0.4, -0.2) is 33.4 Å². The van der Waals surface area contributed by atoms with Gasteiger partial charge >= 0.3 is 5.97 Å². The van der Waals surface area contributed by atoms with E-state index in [4.69, 9.17) is 4.74 Å². The van der Waals surface area contributed by atoms with Crippen LogP contribution in [0.2, 0.25) is 0 Å². The molecule has 3 unspecified atom stereocenters. The van der Waals surface area contributed by atoms with Crippen molar-refractivity contribution >= 4 is 17.0 Å². The van der Waals surface area contributed by atoms with Crippen LogP contribution in [0.1, 0.15) is 83.7 Å². The van der Waals surface area contributed by atoms with E-state index in [1.165, 1.54) is 5.06 Å². The number of carbonyl (C=O) groups is 1. The van der Waals surface area contributed by atoms with Gasteiger partial charge in [0.1, 0.15) is 6.10 Å². The van der Waals surface area contributed by atoms with E-state index in [-0.39, 0.29) is 17.8 Å². The molecule has 1 fully saturated rings. The fraction of sp³-hybridized carbons (Fsp3) is 0.640. The summed E-state index contributed by atoms with van der Waals surface area (Å²) >= 11 is 0. The highest BCUT2D eigenvalue weighted by Crippen LogP contribution is 2.41. The second kappa shape index (κ2) is 8.72. The quantitative estimate of drug-likeness (QED) is 0.400. The summed E-state index contributed by atoms with van der Waals surface area (Å²) in [4.78, 5) is 13.0. The summed E-state index contributed by atoms with van der Waals surface area (Å²) in [7, 11) is 0. The average Bonchev–Trinajstić information content (AvgIpc) is 2.92. The van der Waals surface area contributed by atoms with E-state index in [0.717, 1.165) is 21.4 Å². The minimum absolute atomic E-state index is 0.0287. The fourth-order valence-corrected chi connectivity index (χ4v) is 4.99. The largest absolute Gasteiger partial charge is 0.618 e. The van der Waals surface area contributed by atoms with Gasteiger partial charge in [0, 0.05) is 37.9 Å². The summed E-state index contributed by atoms with van der Waals surface area (Å²) in [6.07, 6.45) is 1.47. The van der Waals surface area contributed by atoms with Crippen LogP contribution in [0.4, 0.5) is 0 Å². The molecular formula is C25H37N3O5. The van der Waals surface area contributed by atoms with Gasteiger partial charge in [-0.1, -0.05) is 19.9 Å². The number of fused-ring (bicyclic) bond motifs is 1. The van der Waals surface area contributed by atoms with E-state index in [1.54, 1.807) is 26.0 Å². The van der Waals surface area contributed by atoms with Gasteiger partial charge in [0.25, 0.3) is 22.4 Å². The highest BCUT2D eigenvalue weighted by molar-refractivity contribution is 5.73. The second-order valence-electron chi connectivity index (χ2n) is 10.7. The van der Waals surface area contributed by atoms with Gasteiger partial charge in [-0.3, -0.25) is 4.79 Å². The van der Waals surface area contributed by atoms with Crippen LogP contribution in [0.5, 0.6) is 0 Å². The third-order valence-electron chi connectivity index (χ3n) is 7.43. The van der Waals surface area contributed by atoms with Gasteiger partial charge in [0.2, 0.25) is 0 Å². The van der Waals surface area contributed by atoms with Crippen LogP contribution in [0, 0.1) is 30.2 Å². The molecule has 0 amide bonds. The number of hydrogen-bond acceptors (Lipinski definition) is 6. The fourth-order valence-electron chi connectivity index (χ4n) is 4.99. The molecule has 3 atom stereocenters. The lowest BCUT2D eigenvalue weighted by Gasteiger charge is -2.35. The standard InChI is InChI=1S/C25H37N3O5/c1-9-18(19-10-11-20-21(13-19)27(31)17(4)16(3)26(20)30)12-15(2)23(29)33-22-14-24(5,6)28(32)25(22,7)8/h10-11,13,15,18,22,32H,9,12,14H2,1-8H3. The normalized spacial score (nSPS) is 21.8. The maximum Gasteiger partial charge on any atom is 0.309 e. The lowest BCUT2D eigenvalue weighted by atomic mass is 9.87. The van der Waals surface area contributed by atoms with Crippen LogP contribution in [-0.2, 0) is 9.53 Å². The maximum atomic E-state index is 13.0. The molecule has 0 saturated carbocycles. The molecule has 1 aliphatic heterocycles. The van der Waals surface area contributed by atoms with Crippen molar-refractivity contribution in [1.29, 1.82) is 0 Å². The second-order valence-corrected chi connectivity index (χ2v) is 10.7. The zero-order valence-corrected chi connectivity index (χ0v) is 21.0. The van der Waals surface area contributed by atoms with Gasteiger partial charge in [-0.25, -0.2) is 0 Å². The molecule has 2 aromatic rings. The van der Waals surface area contributed by atoms with E-state index in [0.29, 0.717) is 35.3 Å². The molecule has 8 nitrogen and oxygen atoms in total. The van der Waals surface area contributed by atoms with Crippen LogP contribution >= 0.6 is 0 Å². The Morgan fingerprint density at radius 1 is 1.18 bits per heavy atom. The van der Waals surface area contributed by atoms with Crippen molar-refractivity contribution in [2.45, 2.75) is 97.8 Å². The van der Waals surface area contributed by atoms with Crippen LogP contribution in [0.25, 0.3) is 11.0 Å². The van der Waals surface area contributed by atoms with Crippen LogP contribution in [0.15, 0.2) is 18.2 Å². The Labute approximate surface area is 195 Å². The van der Waals surface area contributed by atoms with Gasteiger partial charge in [0.05, 0.1) is 11.5 Å². The SMILES string of the molecule is CCC(CC(C)C(=O)OC1CC(C)(C)N(O)C1(C)C)c1ccc2c(c1)[n+]([O-])c(C)c(C)[n+]2[O-]. The first-order valence-electron chi connectivity index (χ1n) is 11.7. The average molecular weight is 460 g/mol. The molecule has 1 saturated heterocycles. The molecular weight excluding hydrogens is 422 g/mol. The number of hydroxylamine groups is 2. The third kappa shape index (κ3) is 4.38. The monoisotopic (exact) mass is 459 g/mol. The summed E-state index contributed by atoms with van der Waals surface area (Å²) in [5.41, 5.74) is 1.19. The minimum atomic E-state index is -0.674. The summed E-state index contributed by atoms with van der Waals surface area (Å²) in [5, 5.41) is 37.0. The number of ether oxygens (including phenoxy) is 1. The first-order valence-corrected chi connectivity index (χ1v) is 11.7. The lowest BCUT2D eigenvalue weighted by molar-refractivity contribution is -0.638. The zero-order chi connectivity index (χ0) is 24.9. The molecule has 182 valence electrons. The summed E-state index contributed by atoms with van der Waals surface area (Å²) < 4.78 is 7.46. The Balaban J connectivity index is 1.79. The molecule has 8 heteroatoms. The molecule has 0 bridgehead atoms. The van der Waals surface area contributed by atoms with Crippen molar-refractivity contribution in [1.82, 2.24) is 5.06 Å². The van der Waals surface area contributed by atoms with E-state index in [9.17, 15) is 20.4 Å². The minimum Gasteiger partial charge on any atom is -0.618 e. The molecule has 33 heavy (non-hydrogen) atoms. The Bertz CT molecular complexity index is 1070. The van der Waals surface area contributed by atoms with E-state index in [2.05, 4.69) is 0 Å². The van der Waals surface area contributed by atoms with Gasteiger partial charge in [-0.2, -0.15) is 14.5 Å². The highest BCUT2D eigenvalue weighted by atomic mass is 16.6. The van der Waals surface area contributed by atoms with Crippen molar-refractivity contribution in [2.24, 2.45) is 5.92 Å². The third-order valence-corrected chi connectivity index (χ3v) is 7.43. The Morgan fingerprint density at radius 3 is 2.27 bits per heavy atom. The first-order chi connectivity index (χ1) is 15.2. The van der Waals surface area contributed by atoms with Crippen LogP contribution < -0.4 is 9.46 Å². The summed E-state index contributed by atoms with van der Waals surface area (Å²) in [5.74, 6) is -0.622. The number of hydrogen-bond donors (Lipinski definition) is 1. The van der Waals surface area contributed by atoms with E-state index in [1.807, 2.05) is 47.6 Å². The van der Waals surface area contributed by atoms with Crippen molar-refractivity contribution in [3.63, 3.8) is 0 Å². The maximum absolute atomic E-state index is 13.0. The molecule has 1 aromatic heterocycles. The molecule has 3 rings (SSSR count). The van der Waals surface area contributed by atoms with Gasteiger partial charge < -0.3 is 20.4 Å². The van der Waals surface area contributed by atoms with Crippen molar-refractivity contribution in [2.75, 3.05) is 0 Å². The van der Waals surface area contributed by atoms with Crippen LogP contribution in [0.3, 0.4) is 0 Å². The predicted octanol–water partition coefficient (Wildman–Crippen LogP) is 3.81. The Kier molecular flexibility index (Phi) is 6.65. The Morgan fingerprint density at radius 2 is 1.76 bits per heavy atom. The molecule has 0 spiro atoms. The molecule has 2 heterocycles. The van der Waals surface area contributed by atoms with Crippen molar-refractivity contribution < 1.29 is 24.2 Å². The summed E-state index contributed by atoms with van der Waals surface area (Å²) in [6, 6.07) is 5.31. The van der Waals surface area contributed by atoms with E-state index < -0.39 is 17.2 Å². The van der Waals surface area contributed by atoms with Gasteiger partial charge in [-0.05, 0) is 52.0 Å². The molecule has 1 aliphatic rings. The molecule has 0 aliphatic carbocycles. The number of esters is 1. The number of rotatable bonds is 6. The molecule has 0 radical (unpaired) electrons. The summed E-state index contributed by atoms with van der Waals surface area (Å²) in [6.45, 7) is 14.8. The van der Waals surface area contributed by atoms with Crippen molar-refractivity contribution in [3.8, 4) is 0 Å². The smallest absolute Gasteiger partial charge is 0.309 e. The van der Waals surface area contributed by atoms with Crippen molar-refractivity contribution in [3.05, 3.63) is 45.6 Å². The van der Waals surface area contributed by atoms with E-state index >= 15 is 0 Å². The number of aromatic nitrogens is 2. The van der Waals surface area contributed by atoms with Gasteiger partial charge in [-0.15, -0.1) is 0 Å². The topological polar surface area (TPSA) is 104 Å².